The first-order valence-electron chi connectivity index (χ1n) is 8.70. The highest BCUT2D eigenvalue weighted by molar-refractivity contribution is 5.69. The zero-order valence-electron chi connectivity index (χ0n) is 14.7. The average molecular weight is 371 g/mol. The van der Waals surface area contributed by atoms with Gasteiger partial charge in [-0.2, -0.15) is 0 Å². The van der Waals surface area contributed by atoms with Crippen LogP contribution >= 0.6 is 0 Å². The molecule has 4 aromatic heterocycles. The Balaban J connectivity index is 1.54. The number of hydrogen-bond donors (Lipinski definition) is 0. The maximum absolute atomic E-state index is 14.8. The zero-order chi connectivity index (χ0) is 19.1. The van der Waals surface area contributed by atoms with E-state index in [2.05, 4.69) is 15.0 Å². The van der Waals surface area contributed by atoms with E-state index in [0.29, 0.717) is 16.7 Å². The van der Waals surface area contributed by atoms with E-state index in [0.717, 1.165) is 16.6 Å². The molecule has 0 unspecified atom stereocenters. The highest BCUT2D eigenvalue weighted by Crippen LogP contribution is 2.23. The number of halogens is 1. The van der Waals surface area contributed by atoms with Crippen LogP contribution in [0.15, 0.2) is 78.4 Å². The number of fused-ring (bicyclic) bond motifs is 2. The minimum absolute atomic E-state index is 0.107. The molecule has 5 rings (SSSR count). The largest absolute Gasteiger partial charge is 0.306 e. The van der Waals surface area contributed by atoms with Crippen molar-refractivity contribution >= 4 is 16.7 Å². The van der Waals surface area contributed by atoms with E-state index < -0.39 is 0 Å². The molecular weight excluding hydrogens is 357 g/mol. The predicted octanol–water partition coefficient (Wildman–Crippen LogP) is 3.29. The van der Waals surface area contributed by atoms with Crippen molar-refractivity contribution in [3.63, 3.8) is 0 Å². The van der Waals surface area contributed by atoms with Gasteiger partial charge in [0.25, 0.3) is 5.56 Å². The maximum atomic E-state index is 14.8. The highest BCUT2D eigenvalue weighted by Gasteiger charge is 2.10. The Morgan fingerprint density at radius 3 is 2.79 bits per heavy atom. The van der Waals surface area contributed by atoms with Crippen molar-refractivity contribution in [2.24, 2.45) is 0 Å². The van der Waals surface area contributed by atoms with Crippen molar-refractivity contribution in [1.82, 2.24) is 23.9 Å². The normalized spacial score (nSPS) is 11.3. The molecule has 0 saturated carbocycles. The van der Waals surface area contributed by atoms with Gasteiger partial charge in [0.05, 0.1) is 36.3 Å². The van der Waals surface area contributed by atoms with E-state index in [1.54, 1.807) is 36.9 Å². The van der Waals surface area contributed by atoms with Crippen LogP contribution in [0.25, 0.3) is 27.8 Å². The first kappa shape index (κ1) is 16.3. The summed E-state index contributed by atoms with van der Waals surface area (Å²) in [4.78, 5) is 24.6. The second-order valence-electron chi connectivity index (χ2n) is 6.48. The lowest BCUT2D eigenvalue weighted by Crippen LogP contribution is -2.21. The summed E-state index contributed by atoms with van der Waals surface area (Å²) in [6.45, 7) is 0.107. The van der Waals surface area contributed by atoms with E-state index in [-0.39, 0.29) is 17.9 Å². The van der Waals surface area contributed by atoms with E-state index >= 15 is 0 Å². The van der Waals surface area contributed by atoms with Gasteiger partial charge in [0.15, 0.2) is 5.65 Å². The maximum Gasteiger partial charge on any atom is 0.269 e. The lowest BCUT2D eigenvalue weighted by molar-refractivity contribution is 0.599. The van der Waals surface area contributed by atoms with Gasteiger partial charge in [0, 0.05) is 18.0 Å². The zero-order valence-corrected chi connectivity index (χ0v) is 14.7. The molecule has 0 amide bonds. The van der Waals surface area contributed by atoms with Crippen molar-refractivity contribution in [3.05, 3.63) is 95.3 Å². The summed E-state index contributed by atoms with van der Waals surface area (Å²) >= 11 is 0. The Hall–Kier alpha value is -3.87. The molecule has 7 heteroatoms. The first-order valence-corrected chi connectivity index (χ1v) is 8.70. The molecule has 0 bridgehead atoms. The smallest absolute Gasteiger partial charge is 0.269 e. The van der Waals surface area contributed by atoms with Crippen LogP contribution in [-0.2, 0) is 6.54 Å². The highest BCUT2D eigenvalue weighted by atomic mass is 19.1. The molecule has 0 fully saturated rings. The van der Waals surface area contributed by atoms with Gasteiger partial charge in [-0.1, -0.05) is 18.2 Å². The van der Waals surface area contributed by atoms with Crippen molar-refractivity contribution in [2.75, 3.05) is 0 Å². The van der Waals surface area contributed by atoms with Gasteiger partial charge in [-0.15, -0.1) is 0 Å². The SMILES string of the molecule is O=c1cnc2ncccc2n1Cc1ccc(-c2ccc3cncn3c2)cc1F. The molecule has 1 aromatic carbocycles. The third-order valence-corrected chi connectivity index (χ3v) is 4.74. The lowest BCUT2D eigenvalue weighted by atomic mass is 10.0. The fourth-order valence-corrected chi connectivity index (χ4v) is 3.28. The molecular formula is C21H14FN5O. The predicted molar refractivity (Wildman–Crippen MR) is 103 cm³/mol. The van der Waals surface area contributed by atoms with Crippen LogP contribution in [0.3, 0.4) is 0 Å². The van der Waals surface area contributed by atoms with Gasteiger partial charge >= 0.3 is 0 Å². The number of nitrogens with zero attached hydrogens (tertiary/aromatic N) is 5. The second-order valence-corrected chi connectivity index (χ2v) is 6.48. The third-order valence-electron chi connectivity index (χ3n) is 4.74. The molecule has 0 N–H and O–H groups in total. The summed E-state index contributed by atoms with van der Waals surface area (Å²) in [5.41, 5.74) is 3.76. The summed E-state index contributed by atoms with van der Waals surface area (Å²) in [5, 5.41) is 0. The molecule has 0 aliphatic heterocycles. The fraction of sp³-hybridized carbons (Fsp3) is 0.0476. The summed E-state index contributed by atoms with van der Waals surface area (Å²) in [6.07, 6.45) is 8.19. The van der Waals surface area contributed by atoms with Crippen LogP contribution in [0.4, 0.5) is 4.39 Å². The van der Waals surface area contributed by atoms with E-state index in [1.165, 1.54) is 16.8 Å². The van der Waals surface area contributed by atoms with E-state index in [9.17, 15) is 9.18 Å². The minimum Gasteiger partial charge on any atom is -0.306 e. The van der Waals surface area contributed by atoms with Gasteiger partial charge < -0.3 is 4.40 Å². The van der Waals surface area contributed by atoms with Gasteiger partial charge in [-0.25, -0.2) is 19.3 Å². The first-order chi connectivity index (χ1) is 13.7. The molecule has 0 aliphatic rings. The number of benzene rings is 1. The van der Waals surface area contributed by atoms with Gasteiger partial charge in [-0.05, 0) is 35.4 Å². The molecule has 0 spiro atoms. The van der Waals surface area contributed by atoms with Crippen LogP contribution in [-0.4, -0.2) is 23.9 Å². The van der Waals surface area contributed by atoms with Crippen LogP contribution in [0.1, 0.15) is 5.56 Å². The van der Waals surface area contributed by atoms with Gasteiger partial charge in [0.2, 0.25) is 0 Å². The summed E-state index contributed by atoms with van der Waals surface area (Å²) < 4.78 is 18.2. The minimum atomic E-state index is -0.371. The summed E-state index contributed by atoms with van der Waals surface area (Å²) in [7, 11) is 0. The Kier molecular flexibility index (Phi) is 3.72. The third kappa shape index (κ3) is 2.73. The van der Waals surface area contributed by atoms with E-state index in [4.69, 9.17) is 0 Å². The van der Waals surface area contributed by atoms with Crippen LogP contribution in [0.2, 0.25) is 0 Å². The lowest BCUT2D eigenvalue weighted by Gasteiger charge is -2.11. The number of pyridine rings is 2. The molecule has 5 aromatic rings. The second kappa shape index (κ2) is 6.38. The number of aromatic nitrogens is 5. The standard InChI is InChI=1S/C21H14FN5O/c22-18-8-14(15-5-6-17-9-23-13-26(17)11-15)3-4-16(18)12-27-19-2-1-7-24-21(19)25-10-20(27)28/h1-11,13H,12H2. The monoisotopic (exact) mass is 371 g/mol. The summed E-state index contributed by atoms with van der Waals surface area (Å²) in [5.74, 6) is -0.371. The van der Waals surface area contributed by atoms with Crippen molar-refractivity contribution < 1.29 is 4.39 Å². The Bertz CT molecular complexity index is 1390. The Labute approximate surface area is 158 Å². The Morgan fingerprint density at radius 2 is 1.89 bits per heavy atom. The van der Waals surface area contributed by atoms with Crippen LogP contribution < -0.4 is 5.56 Å². The van der Waals surface area contributed by atoms with Crippen molar-refractivity contribution in [2.45, 2.75) is 6.54 Å². The molecule has 0 aliphatic carbocycles. The van der Waals surface area contributed by atoms with Crippen molar-refractivity contribution in [1.29, 1.82) is 0 Å². The average Bonchev–Trinajstić information content (AvgIpc) is 3.19. The molecule has 0 radical (unpaired) electrons. The van der Waals surface area contributed by atoms with Crippen LogP contribution in [0.5, 0.6) is 0 Å². The van der Waals surface area contributed by atoms with Gasteiger partial charge in [-0.3, -0.25) is 9.36 Å². The van der Waals surface area contributed by atoms with Crippen molar-refractivity contribution in [3.8, 4) is 11.1 Å². The fourth-order valence-electron chi connectivity index (χ4n) is 3.28. The Morgan fingerprint density at radius 1 is 1.00 bits per heavy atom. The number of hydrogen-bond acceptors (Lipinski definition) is 4. The van der Waals surface area contributed by atoms with Crippen LogP contribution in [0, 0.1) is 5.82 Å². The molecule has 6 nitrogen and oxygen atoms in total. The topological polar surface area (TPSA) is 65.1 Å². The van der Waals surface area contributed by atoms with Gasteiger partial charge in [0.1, 0.15) is 5.82 Å². The number of imidazole rings is 1. The molecule has 0 saturated heterocycles. The molecule has 4 heterocycles. The molecule has 28 heavy (non-hydrogen) atoms. The summed E-state index contributed by atoms with van der Waals surface area (Å²) in [6, 6.07) is 12.4. The quantitative estimate of drug-likeness (QED) is 0.488. The molecule has 0 atom stereocenters. The molecule has 136 valence electrons. The van der Waals surface area contributed by atoms with E-state index in [1.807, 2.05) is 28.8 Å². The number of rotatable bonds is 3.